The van der Waals surface area contributed by atoms with Crippen molar-refractivity contribution >= 4 is 46.2 Å². The molecule has 0 atom stereocenters. The summed E-state index contributed by atoms with van der Waals surface area (Å²) in [6, 6.07) is 5.19. The van der Waals surface area contributed by atoms with Crippen LogP contribution >= 0.6 is 11.3 Å². The molecule has 4 amide bonds. The van der Waals surface area contributed by atoms with Crippen molar-refractivity contribution in [1.29, 1.82) is 0 Å². The summed E-state index contributed by atoms with van der Waals surface area (Å²) in [5.41, 5.74) is 3.35. The van der Waals surface area contributed by atoms with E-state index in [-0.39, 0.29) is 12.5 Å². The highest BCUT2D eigenvalue weighted by molar-refractivity contribution is 7.14. The highest BCUT2D eigenvalue weighted by Gasteiger charge is 2.26. The van der Waals surface area contributed by atoms with Gasteiger partial charge in [0.2, 0.25) is 11.8 Å². The first-order valence-corrected chi connectivity index (χ1v) is 8.72. The Hall–Kier alpha value is -3.07. The normalized spacial score (nSPS) is 14.2. The summed E-state index contributed by atoms with van der Waals surface area (Å²) in [6.45, 7) is 5.31. The molecule has 0 spiro atoms. The maximum atomic E-state index is 12.2. The van der Waals surface area contributed by atoms with Gasteiger partial charge in [0.15, 0.2) is 5.13 Å². The van der Waals surface area contributed by atoms with Crippen LogP contribution in [0, 0.1) is 13.8 Å². The first kappa shape index (κ1) is 17.7. The summed E-state index contributed by atoms with van der Waals surface area (Å²) in [6.07, 6.45) is 1.39. The number of amides is 4. The Bertz CT molecular complexity index is 921. The van der Waals surface area contributed by atoms with Crippen LogP contribution in [0.3, 0.4) is 0 Å². The topological polar surface area (TPSA) is 95.0 Å². The van der Waals surface area contributed by atoms with Crippen molar-refractivity contribution < 1.29 is 14.4 Å². The third-order valence-electron chi connectivity index (χ3n) is 3.94. The van der Waals surface area contributed by atoms with Crippen molar-refractivity contribution in [3.05, 3.63) is 40.4 Å². The number of nitrogens with one attached hydrogen (secondary N) is 1. The summed E-state index contributed by atoms with van der Waals surface area (Å²) in [5.74, 6) is -0.551. The third-order valence-corrected chi connectivity index (χ3v) is 4.78. The standard InChI is InChI=1S/C17H17N5O3S/c1-10-5-4-6-14(11(10)2)22(12(3)23)17-19-13(9-26-17)7-18-21-8-15(24)20-16(21)25/h4-7,9H,8H2,1-3H3,(H,20,24,25)/b18-7-. The fourth-order valence-corrected chi connectivity index (χ4v) is 3.31. The Kier molecular flexibility index (Phi) is 4.81. The minimum Gasteiger partial charge on any atom is -0.275 e. The second kappa shape index (κ2) is 7.04. The summed E-state index contributed by atoms with van der Waals surface area (Å²) in [5, 5.41) is 9.36. The SMILES string of the molecule is CC(=O)N(c1nc(/C=N\N2CC(=O)NC2=O)cs1)c1cccc(C)c1C. The van der Waals surface area contributed by atoms with Crippen molar-refractivity contribution in [2.45, 2.75) is 20.8 Å². The van der Waals surface area contributed by atoms with Crippen LogP contribution in [0.25, 0.3) is 0 Å². The van der Waals surface area contributed by atoms with Crippen LogP contribution in [0.2, 0.25) is 0 Å². The number of thiazole rings is 1. The van der Waals surface area contributed by atoms with Crippen molar-refractivity contribution in [2.75, 3.05) is 11.4 Å². The molecule has 0 radical (unpaired) electrons. The van der Waals surface area contributed by atoms with Gasteiger partial charge in [0, 0.05) is 12.3 Å². The summed E-state index contributed by atoms with van der Waals surface area (Å²) in [4.78, 5) is 40.8. The van der Waals surface area contributed by atoms with E-state index >= 15 is 0 Å². The lowest BCUT2D eigenvalue weighted by Crippen LogP contribution is -2.24. The Morgan fingerprint density at radius 3 is 2.81 bits per heavy atom. The fourth-order valence-electron chi connectivity index (χ4n) is 2.48. The number of rotatable bonds is 4. The largest absolute Gasteiger partial charge is 0.344 e. The molecule has 134 valence electrons. The molecular formula is C17H17N5O3S. The Balaban J connectivity index is 1.87. The van der Waals surface area contributed by atoms with Crippen LogP contribution in [-0.4, -0.2) is 40.6 Å². The molecule has 0 saturated carbocycles. The van der Waals surface area contributed by atoms with Gasteiger partial charge in [0.1, 0.15) is 6.54 Å². The molecule has 0 bridgehead atoms. The van der Waals surface area contributed by atoms with Crippen molar-refractivity contribution in [3.63, 3.8) is 0 Å². The van der Waals surface area contributed by atoms with E-state index in [2.05, 4.69) is 15.4 Å². The number of hydrazone groups is 1. The monoisotopic (exact) mass is 371 g/mol. The highest BCUT2D eigenvalue weighted by Crippen LogP contribution is 2.32. The lowest BCUT2D eigenvalue weighted by molar-refractivity contribution is -0.118. The van der Waals surface area contributed by atoms with Crippen molar-refractivity contribution in [1.82, 2.24) is 15.3 Å². The predicted octanol–water partition coefficient (Wildman–Crippen LogP) is 2.33. The van der Waals surface area contributed by atoms with Crippen LogP contribution < -0.4 is 10.2 Å². The van der Waals surface area contributed by atoms with Gasteiger partial charge in [-0.05, 0) is 31.0 Å². The predicted molar refractivity (Wildman–Crippen MR) is 98.7 cm³/mol. The number of hydrogen-bond donors (Lipinski definition) is 1. The van der Waals surface area contributed by atoms with E-state index < -0.39 is 11.9 Å². The van der Waals surface area contributed by atoms with Gasteiger partial charge < -0.3 is 0 Å². The van der Waals surface area contributed by atoms with Gasteiger partial charge in [0.05, 0.1) is 17.6 Å². The number of benzene rings is 1. The quantitative estimate of drug-likeness (QED) is 0.659. The Labute approximate surface area is 154 Å². The molecule has 26 heavy (non-hydrogen) atoms. The molecule has 1 aliphatic rings. The smallest absolute Gasteiger partial charge is 0.275 e. The van der Waals surface area contributed by atoms with E-state index in [9.17, 15) is 14.4 Å². The van der Waals surface area contributed by atoms with Gasteiger partial charge in [0.25, 0.3) is 0 Å². The number of aryl methyl sites for hydroxylation is 1. The lowest BCUT2D eigenvalue weighted by Gasteiger charge is -2.21. The number of carbonyl (C=O) groups excluding carboxylic acids is 3. The fraction of sp³-hybridized carbons (Fsp3) is 0.235. The second-order valence-electron chi connectivity index (χ2n) is 5.78. The number of anilines is 2. The average Bonchev–Trinajstić information content (AvgIpc) is 3.15. The molecule has 2 heterocycles. The van der Waals surface area contributed by atoms with Gasteiger partial charge in [-0.25, -0.2) is 14.8 Å². The van der Waals surface area contributed by atoms with Crippen molar-refractivity contribution in [3.8, 4) is 0 Å². The molecule has 1 saturated heterocycles. The van der Waals surface area contributed by atoms with Gasteiger partial charge >= 0.3 is 6.03 Å². The van der Waals surface area contributed by atoms with Gasteiger partial charge in [-0.2, -0.15) is 5.10 Å². The van der Waals surface area contributed by atoms with Crippen LogP contribution in [0.4, 0.5) is 15.6 Å². The molecule has 9 heteroatoms. The number of hydrogen-bond acceptors (Lipinski definition) is 6. The van der Waals surface area contributed by atoms with E-state index in [1.807, 2.05) is 32.0 Å². The molecule has 0 aliphatic carbocycles. The molecule has 1 N–H and O–H groups in total. The molecular weight excluding hydrogens is 354 g/mol. The maximum absolute atomic E-state index is 12.2. The number of urea groups is 1. The van der Waals surface area contributed by atoms with E-state index in [4.69, 9.17) is 0 Å². The van der Waals surface area contributed by atoms with E-state index in [0.29, 0.717) is 10.8 Å². The minimum atomic E-state index is -0.567. The number of carbonyl (C=O) groups is 3. The second-order valence-corrected chi connectivity index (χ2v) is 6.62. The van der Waals surface area contributed by atoms with Gasteiger partial charge in [-0.15, -0.1) is 11.3 Å². The molecule has 0 unspecified atom stereocenters. The molecule has 3 rings (SSSR count). The zero-order valence-corrected chi connectivity index (χ0v) is 15.3. The van der Waals surface area contributed by atoms with E-state index in [1.54, 1.807) is 10.3 Å². The molecule has 8 nitrogen and oxygen atoms in total. The van der Waals surface area contributed by atoms with Gasteiger partial charge in [-0.3, -0.25) is 19.8 Å². The lowest BCUT2D eigenvalue weighted by atomic mass is 10.1. The number of imide groups is 1. The number of aromatic nitrogens is 1. The number of nitrogens with zero attached hydrogens (tertiary/aromatic N) is 4. The zero-order valence-electron chi connectivity index (χ0n) is 14.5. The summed E-state index contributed by atoms with van der Waals surface area (Å²) < 4.78 is 0. The van der Waals surface area contributed by atoms with Crippen LogP contribution in [-0.2, 0) is 9.59 Å². The molecule has 1 aromatic heterocycles. The first-order chi connectivity index (χ1) is 12.4. The first-order valence-electron chi connectivity index (χ1n) is 7.84. The molecule has 1 aromatic carbocycles. The third kappa shape index (κ3) is 3.47. The summed E-state index contributed by atoms with van der Waals surface area (Å²) >= 11 is 1.30. The Morgan fingerprint density at radius 1 is 1.38 bits per heavy atom. The van der Waals surface area contributed by atoms with Crippen LogP contribution in [0.15, 0.2) is 28.7 Å². The molecule has 2 aromatic rings. The summed E-state index contributed by atoms with van der Waals surface area (Å²) in [7, 11) is 0. The average molecular weight is 371 g/mol. The zero-order chi connectivity index (χ0) is 18.8. The maximum Gasteiger partial charge on any atom is 0.344 e. The highest BCUT2D eigenvalue weighted by atomic mass is 32.1. The molecule has 1 aliphatic heterocycles. The van der Waals surface area contributed by atoms with Gasteiger partial charge in [-0.1, -0.05) is 12.1 Å². The van der Waals surface area contributed by atoms with Crippen LogP contribution in [0.1, 0.15) is 23.7 Å². The Morgan fingerprint density at radius 2 is 2.15 bits per heavy atom. The van der Waals surface area contributed by atoms with Crippen LogP contribution in [0.5, 0.6) is 0 Å². The van der Waals surface area contributed by atoms with Crippen molar-refractivity contribution in [2.24, 2.45) is 5.10 Å². The van der Waals surface area contributed by atoms with E-state index in [0.717, 1.165) is 21.8 Å². The molecule has 1 fully saturated rings. The minimum absolute atomic E-state index is 0.117. The van der Waals surface area contributed by atoms with E-state index in [1.165, 1.54) is 24.5 Å².